The highest BCUT2D eigenvalue weighted by atomic mass is 15.2. The van der Waals surface area contributed by atoms with Gasteiger partial charge in [0.15, 0.2) is 0 Å². The number of allylic oxidation sites excluding steroid dienone is 6. The Hall–Kier alpha value is -7.94. The van der Waals surface area contributed by atoms with Crippen LogP contribution in [0.3, 0.4) is 0 Å². The SMILES string of the molecule is C=CC1=C(C(=C)C2=c3\ccc(N4c5ccccc5C(C)(C)c5ccccc54)c\c3=C(c3cccc4ccccc34)\C=C\CC(N3c4ccccc4C(C)(C)c4ccccc43)\C=C\2)C(C)(C)c2ccccc21. The van der Waals surface area contributed by atoms with Crippen LogP contribution in [0, 0.1) is 0 Å². The lowest BCUT2D eigenvalue weighted by Gasteiger charge is -2.44. The molecule has 2 nitrogen and oxygen atoms in total. The molecule has 0 radical (unpaired) electrons. The highest BCUT2D eigenvalue weighted by Crippen LogP contribution is 2.54. The normalized spacial score (nSPS) is 20.4. The summed E-state index contributed by atoms with van der Waals surface area (Å²) in [5, 5.41) is 4.71. The maximum Gasteiger partial charge on any atom is 0.0560 e. The highest BCUT2D eigenvalue weighted by molar-refractivity contribution is 5.98. The molecule has 0 saturated heterocycles. The van der Waals surface area contributed by atoms with Crippen LogP contribution in [-0.4, -0.2) is 6.04 Å². The number of nitrogens with zero attached hydrogens (tertiary/aromatic N) is 2. The fourth-order valence-electron chi connectivity index (χ4n) is 12.8. The van der Waals surface area contributed by atoms with E-state index < -0.39 is 0 Å². The van der Waals surface area contributed by atoms with Crippen molar-refractivity contribution >= 4 is 55.9 Å². The molecule has 0 saturated carbocycles. The summed E-state index contributed by atoms with van der Waals surface area (Å²) in [4.78, 5) is 5.08. The molecule has 0 aromatic heterocycles. The zero-order chi connectivity index (χ0) is 48.8. The number of rotatable bonds is 6. The lowest BCUT2D eigenvalue weighted by Crippen LogP contribution is -2.38. The van der Waals surface area contributed by atoms with Gasteiger partial charge >= 0.3 is 0 Å². The van der Waals surface area contributed by atoms with Gasteiger partial charge in [0.05, 0.1) is 17.4 Å². The molecule has 0 spiro atoms. The third kappa shape index (κ3) is 6.75. The molecule has 0 bridgehead atoms. The van der Waals surface area contributed by atoms with E-state index in [0.29, 0.717) is 0 Å². The fourth-order valence-corrected chi connectivity index (χ4v) is 12.8. The predicted octanol–water partition coefficient (Wildman–Crippen LogP) is 16.1. The zero-order valence-electron chi connectivity index (χ0n) is 41.8. The molecular weight excluding hydrogens is 857 g/mol. The first kappa shape index (κ1) is 44.3. The van der Waals surface area contributed by atoms with Gasteiger partial charge in [-0.15, -0.1) is 0 Å². The van der Waals surface area contributed by atoms with Crippen molar-refractivity contribution in [3.8, 4) is 0 Å². The zero-order valence-corrected chi connectivity index (χ0v) is 41.8. The fraction of sp³-hybridized carbons (Fsp3) is 0.159. The van der Waals surface area contributed by atoms with E-state index in [2.05, 4.69) is 270 Å². The van der Waals surface area contributed by atoms with E-state index in [1.165, 1.54) is 83.6 Å². The Morgan fingerprint density at radius 3 is 1.68 bits per heavy atom. The topological polar surface area (TPSA) is 6.48 Å². The molecule has 8 aromatic carbocycles. The molecule has 1 atom stereocenters. The molecule has 12 rings (SSSR count). The third-order valence-electron chi connectivity index (χ3n) is 16.3. The minimum atomic E-state index is -0.334. The quantitative estimate of drug-likeness (QED) is 0.164. The molecule has 0 fully saturated rings. The molecule has 2 heterocycles. The number of para-hydroxylation sites is 4. The molecular formula is C69H60N2. The molecule has 71 heavy (non-hydrogen) atoms. The van der Waals surface area contributed by atoms with Gasteiger partial charge in [0, 0.05) is 33.3 Å². The molecule has 0 amide bonds. The Kier molecular flexibility index (Phi) is 10.4. The largest absolute Gasteiger partial charge is 0.334 e. The number of benzene rings is 8. The first-order chi connectivity index (χ1) is 34.4. The van der Waals surface area contributed by atoms with E-state index in [4.69, 9.17) is 6.58 Å². The molecule has 8 aromatic rings. The van der Waals surface area contributed by atoms with Crippen molar-refractivity contribution in [2.24, 2.45) is 0 Å². The molecule has 4 aliphatic rings. The maximum absolute atomic E-state index is 5.18. The molecule has 2 heteroatoms. The van der Waals surface area contributed by atoms with E-state index in [9.17, 15) is 0 Å². The van der Waals surface area contributed by atoms with Crippen LogP contribution in [0.25, 0.3) is 27.5 Å². The second-order valence-electron chi connectivity index (χ2n) is 21.3. The molecule has 346 valence electrons. The highest BCUT2D eigenvalue weighted by Gasteiger charge is 2.41. The standard InChI is InChI=1S/C69H60N2/c1-9-49-55-28-12-13-31-57(55)69(7,8)66(49)45(2)50-42-40-47(70-62-36-18-14-32-58(62)67(3,4)59-33-15-19-37-63(59)70)26-23-30-53(52-29-22-25-46-24-10-11-27-51(46)52)56-44-48(41-43-54(50)56)71-64-38-20-16-34-60(64)68(5,6)61-35-17-21-39-65(61)71/h9-25,27-44,47H,1-2,26H2,3-8H3/b30-23+,42-40+,54-50+,56-53+. The Balaban J connectivity index is 1.19. The van der Waals surface area contributed by atoms with Crippen LogP contribution in [-0.2, 0) is 16.2 Å². The van der Waals surface area contributed by atoms with Crippen LogP contribution in [0.4, 0.5) is 28.4 Å². The van der Waals surface area contributed by atoms with E-state index in [1.54, 1.807) is 0 Å². The van der Waals surface area contributed by atoms with Crippen molar-refractivity contribution in [2.45, 2.75) is 70.3 Å². The monoisotopic (exact) mass is 916 g/mol. The van der Waals surface area contributed by atoms with Gasteiger partial charge in [-0.3, -0.25) is 0 Å². The van der Waals surface area contributed by atoms with Crippen molar-refractivity contribution in [3.05, 3.63) is 286 Å². The minimum absolute atomic E-state index is 0.0339. The Morgan fingerprint density at radius 1 is 0.521 bits per heavy atom. The predicted molar refractivity (Wildman–Crippen MR) is 302 cm³/mol. The summed E-state index contributed by atoms with van der Waals surface area (Å²) in [5.74, 6) is 0. The number of hydrogen-bond acceptors (Lipinski definition) is 2. The van der Waals surface area contributed by atoms with E-state index in [-0.39, 0.29) is 22.3 Å². The van der Waals surface area contributed by atoms with Gasteiger partial charge in [-0.1, -0.05) is 231 Å². The van der Waals surface area contributed by atoms with Crippen LogP contribution in [0.5, 0.6) is 0 Å². The maximum atomic E-state index is 5.18. The van der Waals surface area contributed by atoms with Crippen LogP contribution in [0.15, 0.2) is 237 Å². The summed E-state index contributed by atoms with van der Waals surface area (Å²) < 4.78 is 0. The van der Waals surface area contributed by atoms with E-state index >= 15 is 0 Å². The van der Waals surface area contributed by atoms with Crippen molar-refractivity contribution in [1.29, 1.82) is 0 Å². The van der Waals surface area contributed by atoms with E-state index in [0.717, 1.165) is 39.3 Å². The number of fused-ring (bicyclic) bond motifs is 7. The Bertz CT molecular complexity index is 3670. The summed E-state index contributed by atoms with van der Waals surface area (Å²) in [6, 6.07) is 67.5. The van der Waals surface area contributed by atoms with Crippen LogP contribution < -0.4 is 20.2 Å². The second kappa shape index (κ2) is 16.6. The number of anilines is 5. The van der Waals surface area contributed by atoms with Crippen molar-refractivity contribution in [1.82, 2.24) is 0 Å². The van der Waals surface area contributed by atoms with Gasteiger partial charge < -0.3 is 9.80 Å². The van der Waals surface area contributed by atoms with Crippen LogP contribution >= 0.6 is 0 Å². The van der Waals surface area contributed by atoms with Crippen molar-refractivity contribution in [2.75, 3.05) is 9.80 Å². The van der Waals surface area contributed by atoms with Gasteiger partial charge in [0.25, 0.3) is 0 Å². The van der Waals surface area contributed by atoms with Gasteiger partial charge in [0.2, 0.25) is 0 Å². The molecule has 0 N–H and O–H groups in total. The Labute approximate surface area is 420 Å². The first-order valence-corrected chi connectivity index (χ1v) is 25.3. The lowest BCUT2D eigenvalue weighted by atomic mass is 9.73. The summed E-state index contributed by atoms with van der Waals surface area (Å²) in [6.07, 6.45) is 12.5. The van der Waals surface area contributed by atoms with Crippen molar-refractivity contribution in [3.63, 3.8) is 0 Å². The molecule has 1 unspecified atom stereocenters. The Morgan fingerprint density at radius 2 is 1.04 bits per heavy atom. The smallest absolute Gasteiger partial charge is 0.0560 e. The van der Waals surface area contributed by atoms with Crippen molar-refractivity contribution < 1.29 is 0 Å². The second-order valence-corrected chi connectivity index (χ2v) is 21.3. The summed E-state index contributed by atoms with van der Waals surface area (Å²) in [6.45, 7) is 23.8. The average molecular weight is 917 g/mol. The average Bonchev–Trinajstić information content (AvgIpc) is 3.63. The summed E-state index contributed by atoms with van der Waals surface area (Å²) in [5.41, 5.74) is 19.9. The van der Waals surface area contributed by atoms with Gasteiger partial charge in [-0.05, 0) is 131 Å². The molecule has 2 aliphatic heterocycles. The van der Waals surface area contributed by atoms with Gasteiger partial charge in [0.1, 0.15) is 0 Å². The molecule has 2 aliphatic carbocycles. The first-order valence-electron chi connectivity index (χ1n) is 25.3. The van der Waals surface area contributed by atoms with Crippen LogP contribution in [0.2, 0.25) is 0 Å². The van der Waals surface area contributed by atoms with Gasteiger partial charge in [-0.25, -0.2) is 0 Å². The van der Waals surface area contributed by atoms with Crippen LogP contribution in [0.1, 0.15) is 86.9 Å². The van der Waals surface area contributed by atoms with E-state index in [1.807, 2.05) is 0 Å². The van der Waals surface area contributed by atoms with Gasteiger partial charge in [-0.2, -0.15) is 0 Å². The summed E-state index contributed by atoms with van der Waals surface area (Å²) >= 11 is 0. The summed E-state index contributed by atoms with van der Waals surface area (Å²) in [7, 11) is 0. The number of hydrogen-bond donors (Lipinski definition) is 0. The third-order valence-corrected chi connectivity index (χ3v) is 16.3. The minimum Gasteiger partial charge on any atom is -0.334 e. The lowest BCUT2D eigenvalue weighted by molar-refractivity contribution is 0.614.